The van der Waals surface area contributed by atoms with Gasteiger partial charge in [-0.2, -0.15) is 0 Å². The molecule has 0 fully saturated rings. The lowest BCUT2D eigenvalue weighted by Gasteiger charge is -2.21. The number of nitrogens with zero attached hydrogens (tertiary/aromatic N) is 2. The normalized spacial score (nSPS) is 11.7. The smallest absolute Gasteiger partial charge is 0.336 e. The van der Waals surface area contributed by atoms with Crippen molar-refractivity contribution in [3.8, 4) is 11.1 Å². The summed E-state index contributed by atoms with van der Waals surface area (Å²) in [5.74, 6) is -2.38. The average molecular weight is 568 g/mol. The van der Waals surface area contributed by atoms with Crippen molar-refractivity contribution in [1.29, 1.82) is 0 Å². The highest BCUT2D eigenvalue weighted by Crippen LogP contribution is 2.42. The van der Waals surface area contributed by atoms with Crippen molar-refractivity contribution in [3.05, 3.63) is 57.6 Å². The van der Waals surface area contributed by atoms with Gasteiger partial charge in [0.25, 0.3) is 0 Å². The monoisotopic (exact) mass is 566 g/mol. The van der Waals surface area contributed by atoms with E-state index in [1.165, 1.54) is 12.1 Å². The number of halogens is 2. The van der Waals surface area contributed by atoms with Gasteiger partial charge in [0.15, 0.2) is 5.78 Å². The molecule has 9 heteroatoms. The summed E-state index contributed by atoms with van der Waals surface area (Å²) in [7, 11) is 0. The van der Waals surface area contributed by atoms with Gasteiger partial charge in [-0.1, -0.05) is 33.8 Å². The molecule has 0 spiro atoms. The zero-order valence-corrected chi connectivity index (χ0v) is 24.3. The predicted molar refractivity (Wildman–Crippen MR) is 156 cm³/mol. The molecule has 0 saturated carbocycles. The fraction of sp³-hybridized carbons (Fsp3) is 0.483. The van der Waals surface area contributed by atoms with Gasteiger partial charge in [-0.25, -0.2) is 9.59 Å². The third-order valence-electron chi connectivity index (χ3n) is 7.37. The van der Waals surface area contributed by atoms with Crippen molar-refractivity contribution in [1.82, 2.24) is 9.80 Å². The van der Waals surface area contributed by atoms with Gasteiger partial charge in [-0.15, -0.1) is 24.8 Å². The van der Waals surface area contributed by atoms with Crippen LogP contribution in [0.5, 0.6) is 0 Å². The lowest BCUT2D eigenvalue weighted by atomic mass is 9.87. The molecule has 0 saturated heterocycles. The van der Waals surface area contributed by atoms with Crippen molar-refractivity contribution in [2.24, 2.45) is 0 Å². The highest BCUT2D eigenvalue weighted by Gasteiger charge is 2.34. The van der Waals surface area contributed by atoms with Crippen molar-refractivity contribution >= 4 is 42.5 Å². The molecule has 38 heavy (non-hydrogen) atoms. The first-order valence-corrected chi connectivity index (χ1v) is 13.1. The first-order valence-electron chi connectivity index (χ1n) is 13.1. The minimum Gasteiger partial charge on any atom is -0.478 e. The van der Waals surface area contributed by atoms with Gasteiger partial charge >= 0.3 is 11.9 Å². The number of fused-ring (bicyclic) bond motifs is 3. The summed E-state index contributed by atoms with van der Waals surface area (Å²) in [6.07, 6.45) is 2.64. The quantitative estimate of drug-likeness (QED) is 0.258. The Labute approximate surface area is 238 Å². The largest absolute Gasteiger partial charge is 0.478 e. The number of hydrogen-bond donors (Lipinski definition) is 2. The van der Waals surface area contributed by atoms with Crippen LogP contribution in [-0.2, 0) is 12.8 Å². The van der Waals surface area contributed by atoms with Crippen molar-refractivity contribution in [2.75, 3.05) is 39.3 Å². The molecule has 3 rings (SSSR count). The number of ketones is 1. The van der Waals surface area contributed by atoms with E-state index in [1.54, 1.807) is 6.07 Å². The minimum atomic E-state index is -1.09. The predicted octanol–water partition coefficient (Wildman–Crippen LogP) is 5.69. The maximum atomic E-state index is 13.6. The Morgan fingerprint density at radius 2 is 1.29 bits per heavy atom. The van der Waals surface area contributed by atoms with Crippen LogP contribution in [-0.4, -0.2) is 77.0 Å². The molecule has 0 bridgehead atoms. The van der Waals surface area contributed by atoms with E-state index in [0.717, 1.165) is 63.2 Å². The third-order valence-corrected chi connectivity index (χ3v) is 7.37. The molecule has 2 N–H and O–H groups in total. The first-order chi connectivity index (χ1) is 17.3. The Bertz CT molecular complexity index is 1140. The van der Waals surface area contributed by atoms with Crippen LogP contribution >= 0.6 is 24.8 Å². The Hall–Kier alpha value is -2.45. The molecular formula is C29H40Cl2N2O5. The summed E-state index contributed by atoms with van der Waals surface area (Å²) in [6.45, 7) is 13.8. The molecule has 0 aromatic heterocycles. The fourth-order valence-electron chi connectivity index (χ4n) is 5.27. The number of aryl methyl sites for hydroxylation is 1. The molecule has 0 amide bonds. The number of carbonyl (C=O) groups is 3. The van der Waals surface area contributed by atoms with Gasteiger partial charge < -0.3 is 20.0 Å². The van der Waals surface area contributed by atoms with Crippen LogP contribution in [0, 0.1) is 0 Å². The number of hydrogen-bond acceptors (Lipinski definition) is 5. The number of aromatic carboxylic acids is 2. The van der Waals surface area contributed by atoms with E-state index in [-0.39, 0.29) is 41.7 Å². The molecule has 0 heterocycles. The van der Waals surface area contributed by atoms with E-state index in [4.69, 9.17) is 0 Å². The van der Waals surface area contributed by atoms with Crippen LogP contribution in [0.15, 0.2) is 24.3 Å². The molecule has 0 unspecified atom stereocenters. The van der Waals surface area contributed by atoms with Crippen LogP contribution < -0.4 is 0 Å². The number of benzene rings is 2. The highest BCUT2D eigenvalue weighted by atomic mass is 35.5. The van der Waals surface area contributed by atoms with Gasteiger partial charge in [0.1, 0.15) is 0 Å². The summed E-state index contributed by atoms with van der Waals surface area (Å²) < 4.78 is 0. The summed E-state index contributed by atoms with van der Waals surface area (Å²) in [5, 5.41) is 19.7. The molecule has 1 aliphatic rings. The highest BCUT2D eigenvalue weighted by molar-refractivity contribution is 6.24. The van der Waals surface area contributed by atoms with Gasteiger partial charge in [0.2, 0.25) is 0 Å². The van der Waals surface area contributed by atoms with Gasteiger partial charge in [-0.3, -0.25) is 4.79 Å². The molecule has 0 aliphatic heterocycles. The zero-order chi connectivity index (χ0) is 26.4. The Morgan fingerprint density at radius 1 is 0.737 bits per heavy atom. The van der Waals surface area contributed by atoms with Crippen LogP contribution in [0.4, 0.5) is 0 Å². The van der Waals surface area contributed by atoms with Gasteiger partial charge in [0, 0.05) is 11.1 Å². The molecule has 2 aromatic rings. The average Bonchev–Trinajstić information content (AvgIpc) is 3.15. The van der Waals surface area contributed by atoms with E-state index >= 15 is 0 Å². The second-order valence-corrected chi connectivity index (χ2v) is 9.27. The molecule has 0 atom stereocenters. The first kappa shape index (κ1) is 33.6. The van der Waals surface area contributed by atoms with Crippen LogP contribution in [0.1, 0.15) is 88.3 Å². The minimum absolute atomic E-state index is 0. The standard InChI is InChI=1S/C29H38N2O5.2ClH/c1-5-30(6-2)15-9-11-19-17-23-21-14-13-20(28(33)34)18-24(21)27(32)26(23)22(25(19)29(35)36)12-10-16-31(7-3)8-4;;/h13-14,17-18H,5-12,15-16H2,1-4H3,(H,33,34)(H,35,36);2*1H. The SMILES string of the molecule is CCN(CC)CCCc1cc2c(c(CCCN(CC)CC)c1C(=O)O)C(=O)c1cc(C(=O)O)ccc1-2.Cl.Cl. The molecule has 1 aliphatic carbocycles. The van der Waals surface area contributed by atoms with E-state index in [2.05, 4.69) is 37.5 Å². The second-order valence-electron chi connectivity index (χ2n) is 9.27. The lowest BCUT2D eigenvalue weighted by Crippen LogP contribution is -2.25. The lowest BCUT2D eigenvalue weighted by molar-refractivity contribution is 0.0684. The van der Waals surface area contributed by atoms with E-state index in [9.17, 15) is 24.6 Å². The molecule has 210 valence electrons. The number of carboxylic acids is 2. The Kier molecular flexibility index (Phi) is 13.4. The molecular weight excluding hydrogens is 527 g/mol. The molecule has 0 radical (unpaired) electrons. The topological polar surface area (TPSA) is 98.2 Å². The zero-order valence-electron chi connectivity index (χ0n) is 22.7. The molecule has 2 aromatic carbocycles. The van der Waals surface area contributed by atoms with Gasteiger partial charge in [-0.05, 0) is 105 Å². The number of carbonyl (C=O) groups excluding carboxylic acids is 1. The van der Waals surface area contributed by atoms with Crippen LogP contribution in [0.25, 0.3) is 11.1 Å². The molecule has 7 nitrogen and oxygen atoms in total. The van der Waals surface area contributed by atoms with Crippen LogP contribution in [0.3, 0.4) is 0 Å². The van der Waals surface area contributed by atoms with Crippen molar-refractivity contribution in [3.63, 3.8) is 0 Å². The van der Waals surface area contributed by atoms with Gasteiger partial charge in [0.05, 0.1) is 11.1 Å². The summed E-state index contributed by atoms with van der Waals surface area (Å²) >= 11 is 0. The number of carboxylic acid groups (broad SMARTS) is 2. The maximum absolute atomic E-state index is 13.6. The number of rotatable bonds is 14. The van der Waals surface area contributed by atoms with E-state index in [0.29, 0.717) is 35.1 Å². The fourth-order valence-corrected chi connectivity index (χ4v) is 5.27. The Morgan fingerprint density at radius 3 is 1.79 bits per heavy atom. The van der Waals surface area contributed by atoms with E-state index < -0.39 is 11.9 Å². The van der Waals surface area contributed by atoms with E-state index in [1.807, 2.05) is 6.07 Å². The Balaban J connectivity index is 0.00000361. The van der Waals surface area contributed by atoms with Crippen LogP contribution in [0.2, 0.25) is 0 Å². The van der Waals surface area contributed by atoms with Crippen molar-refractivity contribution in [2.45, 2.75) is 53.4 Å². The van der Waals surface area contributed by atoms with Crippen molar-refractivity contribution < 1.29 is 24.6 Å². The summed E-state index contributed by atoms with van der Waals surface area (Å²) in [5.41, 5.74) is 3.81. The summed E-state index contributed by atoms with van der Waals surface area (Å²) in [4.78, 5) is 42.3. The maximum Gasteiger partial charge on any atom is 0.336 e. The third kappa shape index (κ3) is 7.14. The second kappa shape index (κ2) is 15.2. The summed E-state index contributed by atoms with van der Waals surface area (Å²) in [6, 6.07) is 6.47.